The second-order valence-corrected chi connectivity index (χ2v) is 15.0. The lowest BCUT2D eigenvalue weighted by molar-refractivity contribution is 0.0816. The van der Waals surface area contributed by atoms with Crippen molar-refractivity contribution in [3.05, 3.63) is 0 Å². The standard InChI is InChI=1S/C15H31NO2SSi/c1-14(2,3)19(17)16-11-12-9-13(10-12)18-20(7,8)15(4,5)6/h11-13H,9-10H2,1-8H3/b16-11-/t12?,13?,19-/m0/s1. The first-order valence-corrected chi connectivity index (χ1v) is 11.5. The van der Waals surface area contributed by atoms with Crippen molar-refractivity contribution in [2.75, 3.05) is 0 Å². The highest BCUT2D eigenvalue weighted by molar-refractivity contribution is 7.91. The molecule has 0 N–H and O–H groups in total. The molecular weight excluding hydrogens is 286 g/mol. The van der Waals surface area contributed by atoms with Crippen LogP contribution in [0, 0.1) is 5.92 Å². The van der Waals surface area contributed by atoms with Crippen LogP contribution in [0.25, 0.3) is 0 Å². The molecule has 1 saturated carbocycles. The van der Waals surface area contributed by atoms with E-state index in [-0.39, 0.29) is 9.79 Å². The summed E-state index contributed by atoms with van der Waals surface area (Å²) >= 11 is -1.13. The van der Waals surface area contributed by atoms with E-state index in [1.54, 1.807) is 0 Å². The maximum atomic E-state index is 11.8. The van der Waals surface area contributed by atoms with Gasteiger partial charge in [0.1, 0.15) is 16.1 Å². The Kier molecular flexibility index (Phi) is 5.56. The molecule has 5 heteroatoms. The normalized spacial score (nSPS) is 26.6. The van der Waals surface area contributed by atoms with E-state index in [9.17, 15) is 4.55 Å². The number of rotatable bonds is 4. The van der Waals surface area contributed by atoms with E-state index >= 15 is 0 Å². The molecule has 1 atom stereocenters. The molecule has 0 aromatic heterocycles. The van der Waals surface area contributed by atoms with Crippen molar-refractivity contribution in [2.24, 2.45) is 10.3 Å². The van der Waals surface area contributed by atoms with Crippen molar-refractivity contribution in [3.8, 4) is 0 Å². The molecule has 118 valence electrons. The van der Waals surface area contributed by atoms with E-state index in [0.717, 1.165) is 12.8 Å². The predicted molar refractivity (Wildman–Crippen MR) is 91.2 cm³/mol. The lowest BCUT2D eigenvalue weighted by Crippen LogP contribution is -2.47. The summed E-state index contributed by atoms with van der Waals surface area (Å²) in [6, 6.07) is 0. The van der Waals surface area contributed by atoms with Gasteiger partial charge in [0.25, 0.3) is 0 Å². The minimum atomic E-state index is -1.65. The van der Waals surface area contributed by atoms with Crippen LogP contribution in [0.15, 0.2) is 4.40 Å². The second-order valence-electron chi connectivity index (χ2n) is 8.35. The summed E-state index contributed by atoms with van der Waals surface area (Å²) in [5.41, 5.74) is 0. The van der Waals surface area contributed by atoms with Crippen molar-refractivity contribution < 1.29 is 8.98 Å². The average molecular weight is 318 g/mol. The molecule has 1 fully saturated rings. The summed E-state index contributed by atoms with van der Waals surface area (Å²) in [6.45, 7) is 17.2. The van der Waals surface area contributed by atoms with Gasteiger partial charge in [-0.2, -0.15) is 0 Å². The molecule has 1 aliphatic carbocycles. The second kappa shape index (κ2) is 6.11. The Bertz CT molecular complexity index is 352. The van der Waals surface area contributed by atoms with Crippen LogP contribution in [0.4, 0.5) is 0 Å². The Morgan fingerprint density at radius 1 is 1.15 bits per heavy atom. The van der Waals surface area contributed by atoms with Crippen LogP contribution in [0.1, 0.15) is 54.4 Å². The monoisotopic (exact) mass is 317 g/mol. The van der Waals surface area contributed by atoms with Crippen LogP contribution in [0.2, 0.25) is 18.1 Å². The Labute approximate surface area is 129 Å². The van der Waals surface area contributed by atoms with Crippen LogP contribution in [0.3, 0.4) is 0 Å². The number of hydrogen-bond acceptors (Lipinski definition) is 3. The minimum absolute atomic E-state index is 0.264. The summed E-state index contributed by atoms with van der Waals surface area (Å²) in [7, 11) is -1.65. The zero-order chi connectivity index (χ0) is 15.8. The van der Waals surface area contributed by atoms with Crippen LogP contribution in [-0.2, 0) is 15.8 Å². The van der Waals surface area contributed by atoms with Gasteiger partial charge in [-0.05, 0) is 51.7 Å². The lowest BCUT2D eigenvalue weighted by atomic mass is 9.84. The summed E-state index contributed by atoms with van der Waals surface area (Å²) < 4.78 is 22.1. The predicted octanol–water partition coefficient (Wildman–Crippen LogP) is 4.32. The van der Waals surface area contributed by atoms with Gasteiger partial charge in [-0.3, -0.25) is 0 Å². The Morgan fingerprint density at radius 2 is 1.65 bits per heavy atom. The molecular formula is C15H31NO2SSi. The molecule has 0 aromatic rings. The van der Waals surface area contributed by atoms with Gasteiger partial charge < -0.3 is 8.98 Å². The van der Waals surface area contributed by atoms with E-state index in [1.165, 1.54) is 0 Å². The summed E-state index contributed by atoms with van der Waals surface area (Å²) in [5.74, 6) is 0.441. The first-order valence-electron chi connectivity index (χ1n) is 7.47. The van der Waals surface area contributed by atoms with Crippen LogP contribution in [0.5, 0.6) is 0 Å². The van der Waals surface area contributed by atoms with Gasteiger partial charge in [0.15, 0.2) is 8.32 Å². The molecule has 1 aliphatic rings. The Hall–Kier alpha value is 0.157. The van der Waals surface area contributed by atoms with E-state index in [0.29, 0.717) is 12.0 Å². The van der Waals surface area contributed by atoms with Crippen molar-refractivity contribution in [3.63, 3.8) is 0 Å². The third-order valence-corrected chi connectivity index (χ3v) is 10.2. The summed E-state index contributed by atoms with van der Waals surface area (Å²) in [6.07, 6.45) is 4.30. The topological polar surface area (TPSA) is 44.7 Å². The quantitative estimate of drug-likeness (QED) is 0.440. The van der Waals surface area contributed by atoms with Crippen molar-refractivity contribution in [1.82, 2.24) is 0 Å². The zero-order valence-corrected chi connectivity index (χ0v) is 16.1. The van der Waals surface area contributed by atoms with Crippen molar-refractivity contribution in [1.29, 1.82) is 0 Å². The fraction of sp³-hybridized carbons (Fsp3) is 0.933. The molecule has 0 spiro atoms. The van der Waals surface area contributed by atoms with E-state index in [4.69, 9.17) is 4.43 Å². The molecule has 0 aliphatic heterocycles. The Morgan fingerprint density at radius 3 is 2.05 bits per heavy atom. The highest BCUT2D eigenvalue weighted by atomic mass is 32.2. The fourth-order valence-electron chi connectivity index (χ4n) is 1.72. The largest absolute Gasteiger partial charge is 0.591 e. The SMILES string of the molecule is CC(C)(C)[S@+]([O-])/N=C\C1CC(O[Si](C)(C)C(C)(C)C)C1. The summed E-state index contributed by atoms with van der Waals surface area (Å²) in [5, 5.41) is 0.264. The molecule has 0 unspecified atom stereocenters. The highest BCUT2D eigenvalue weighted by Gasteiger charge is 2.42. The molecule has 0 amide bonds. The van der Waals surface area contributed by atoms with Gasteiger partial charge in [0, 0.05) is 12.0 Å². The maximum absolute atomic E-state index is 11.8. The van der Waals surface area contributed by atoms with E-state index in [2.05, 4.69) is 38.3 Å². The third-order valence-electron chi connectivity index (χ3n) is 4.29. The van der Waals surface area contributed by atoms with Gasteiger partial charge in [-0.15, -0.1) is 0 Å². The third kappa shape index (κ3) is 4.86. The average Bonchev–Trinajstić information content (AvgIpc) is 2.17. The molecule has 3 nitrogen and oxygen atoms in total. The molecule has 0 saturated heterocycles. The van der Waals surface area contributed by atoms with Crippen molar-refractivity contribution >= 4 is 25.9 Å². The maximum Gasteiger partial charge on any atom is 0.192 e. The lowest BCUT2D eigenvalue weighted by Gasteiger charge is -2.44. The number of hydrogen-bond donors (Lipinski definition) is 0. The van der Waals surface area contributed by atoms with Crippen LogP contribution < -0.4 is 0 Å². The smallest absolute Gasteiger partial charge is 0.192 e. The first-order chi connectivity index (χ1) is 8.83. The zero-order valence-electron chi connectivity index (χ0n) is 14.3. The van der Waals surface area contributed by atoms with Gasteiger partial charge in [-0.25, -0.2) is 0 Å². The van der Waals surface area contributed by atoms with E-state index < -0.39 is 19.7 Å². The van der Waals surface area contributed by atoms with Gasteiger partial charge in [-0.1, -0.05) is 25.2 Å². The number of nitrogens with zero attached hydrogens (tertiary/aromatic N) is 1. The molecule has 0 heterocycles. The molecule has 1 rings (SSSR count). The van der Waals surface area contributed by atoms with Gasteiger partial charge in [0.05, 0.1) is 6.21 Å². The first kappa shape index (κ1) is 18.2. The van der Waals surface area contributed by atoms with Gasteiger partial charge >= 0.3 is 0 Å². The Balaban J connectivity index is 2.39. The van der Waals surface area contributed by atoms with E-state index in [1.807, 2.05) is 27.0 Å². The molecule has 0 bridgehead atoms. The van der Waals surface area contributed by atoms with Crippen LogP contribution >= 0.6 is 0 Å². The van der Waals surface area contributed by atoms with Crippen LogP contribution in [-0.4, -0.2) is 29.9 Å². The molecule has 0 radical (unpaired) electrons. The molecule has 20 heavy (non-hydrogen) atoms. The molecule has 0 aromatic carbocycles. The highest BCUT2D eigenvalue weighted by Crippen LogP contribution is 2.41. The summed E-state index contributed by atoms with van der Waals surface area (Å²) in [4.78, 5) is 0. The fourth-order valence-corrected chi connectivity index (χ4v) is 3.70. The minimum Gasteiger partial charge on any atom is -0.591 e. The van der Waals surface area contributed by atoms with Gasteiger partial charge in [0.2, 0.25) is 0 Å². The van der Waals surface area contributed by atoms with Crippen molar-refractivity contribution in [2.45, 2.75) is 83.4 Å².